The van der Waals surface area contributed by atoms with Crippen LogP contribution in [0.25, 0.3) is 11.2 Å². The van der Waals surface area contributed by atoms with E-state index >= 15 is 0 Å². The van der Waals surface area contributed by atoms with Gasteiger partial charge in [0.1, 0.15) is 0 Å². The Kier molecular flexibility index (Phi) is 5.97. The molecule has 29 heavy (non-hydrogen) atoms. The van der Waals surface area contributed by atoms with Crippen LogP contribution in [0.15, 0.2) is 30.5 Å². The number of fused-ring (bicyclic) bond motifs is 1. The lowest BCUT2D eigenvalue weighted by atomic mass is 10.2. The molecule has 3 aromatic rings. The number of rotatable bonds is 8. The number of hydrogen-bond donors (Lipinski definition) is 5. The highest BCUT2D eigenvalue weighted by Crippen LogP contribution is 2.16. The van der Waals surface area contributed by atoms with Gasteiger partial charge in [0.25, 0.3) is 5.91 Å². The van der Waals surface area contributed by atoms with Gasteiger partial charge in [-0.1, -0.05) is 0 Å². The summed E-state index contributed by atoms with van der Waals surface area (Å²) in [7, 11) is 0. The molecule has 0 saturated carbocycles. The first-order valence-corrected chi connectivity index (χ1v) is 8.87. The van der Waals surface area contributed by atoms with E-state index in [0.717, 1.165) is 5.69 Å². The SMILES string of the molecule is NC(=O)CCCNC(=O)c1ccc(NCc2cnc3nc(N)nc(N)c3n2)cc1. The van der Waals surface area contributed by atoms with Crippen molar-refractivity contribution in [1.82, 2.24) is 25.3 Å². The Labute approximate surface area is 166 Å². The fourth-order valence-corrected chi connectivity index (χ4v) is 2.57. The summed E-state index contributed by atoms with van der Waals surface area (Å²) in [5.74, 6) is -0.374. The van der Waals surface area contributed by atoms with Crippen LogP contribution in [-0.4, -0.2) is 38.3 Å². The van der Waals surface area contributed by atoms with Gasteiger partial charge in [0.15, 0.2) is 17.0 Å². The number of aromatic nitrogens is 4. The van der Waals surface area contributed by atoms with Crippen molar-refractivity contribution < 1.29 is 9.59 Å². The maximum absolute atomic E-state index is 12.1. The van der Waals surface area contributed by atoms with Gasteiger partial charge in [-0.3, -0.25) is 9.59 Å². The van der Waals surface area contributed by atoms with Gasteiger partial charge in [-0.05, 0) is 30.7 Å². The van der Waals surface area contributed by atoms with Gasteiger partial charge in [0.05, 0.1) is 18.4 Å². The lowest BCUT2D eigenvalue weighted by Crippen LogP contribution is -2.25. The van der Waals surface area contributed by atoms with Gasteiger partial charge < -0.3 is 27.8 Å². The van der Waals surface area contributed by atoms with Crippen LogP contribution >= 0.6 is 0 Å². The summed E-state index contributed by atoms with van der Waals surface area (Å²) in [5, 5.41) is 5.94. The summed E-state index contributed by atoms with van der Waals surface area (Å²) in [4.78, 5) is 39.2. The minimum Gasteiger partial charge on any atom is -0.382 e. The Bertz CT molecular complexity index is 1040. The smallest absolute Gasteiger partial charge is 0.251 e. The van der Waals surface area contributed by atoms with Crippen LogP contribution in [0.1, 0.15) is 28.9 Å². The molecule has 0 atom stereocenters. The molecule has 2 heterocycles. The zero-order valence-electron chi connectivity index (χ0n) is 15.6. The van der Waals surface area contributed by atoms with Crippen molar-refractivity contribution in [2.45, 2.75) is 19.4 Å². The van der Waals surface area contributed by atoms with E-state index in [1.54, 1.807) is 30.5 Å². The lowest BCUT2D eigenvalue weighted by Gasteiger charge is -2.09. The number of nitrogens with two attached hydrogens (primary N) is 3. The summed E-state index contributed by atoms with van der Waals surface area (Å²) in [5.41, 5.74) is 19.1. The summed E-state index contributed by atoms with van der Waals surface area (Å²) in [6.45, 7) is 0.784. The lowest BCUT2D eigenvalue weighted by molar-refractivity contribution is -0.118. The van der Waals surface area contributed by atoms with Crippen molar-refractivity contribution in [2.75, 3.05) is 23.3 Å². The van der Waals surface area contributed by atoms with Gasteiger partial charge in [0.2, 0.25) is 11.9 Å². The highest BCUT2D eigenvalue weighted by Gasteiger charge is 2.08. The molecule has 3 rings (SSSR count). The van der Waals surface area contributed by atoms with E-state index in [-0.39, 0.29) is 30.0 Å². The third kappa shape index (κ3) is 5.25. The molecule has 0 unspecified atom stereocenters. The number of anilines is 3. The molecule has 1 aromatic carbocycles. The predicted molar refractivity (Wildman–Crippen MR) is 108 cm³/mol. The Balaban J connectivity index is 1.57. The van der Waals surface area contributed by atoms with Crippen LogP contribution in [0, 0.1) is 0 Å². The molecule has 0 aliphatic heterocycles. The van der Waals surface area contributed by atoms with Crippen molar-refractivity contribution in [2.24, 2.45) is 5.73 Å². The molecular weight excluding hydrogens is 374 g/mol. The summed E-state index contributed by atoms with van der Waals surface area (Å²) in [6.07, 6.45) is 2.33. The average molecular weight is 395 g/mol. The quantitative estimate of drug-likeness (QED) is 0.332. The minimum absolute atomic E-state index is 0.0483. The normalized spacial score (nSPS) is 10.6. The zero-order valence-corrected chi connectivity index (χ0v) is 15.6. The molecule has 0 spiro atoms. The second-order valence-corrected chi connectivity index (χ2v) is 6.26. The first-order chi connectivity index (χ1) is 13.9. The molecule has 0 saturated heterocycles. The molecule has 0 aliphatic rings. The van der Waals surface area contributed by atoms with Gasteiger partial charge in [-0.15, -0.1) is 0 Å². The van der Waals surface area contributed by atoms with Crippen LogP contribution in [0.3, 0.4) is 0 Å². The van der Waals surface area contributed by atoms with Gasteiger partial charge in [0, 0.05) is 24.2 Å². The van der Waals surface area contributed by atoms with E-state index in [1.165, 1.54) is 0 Å². The molecule has 11 nitrogen and oxygen atoms in total. The third-order valence-electron chi connectivity index (χ3n) is 4.01. The largest absolute Gasteiger partial charge is 0.382 e. The Morgan fingerprint density at radius 3 is 2.52 bits per heavy atom. The number of hydrogen-bond acceptors (Lipinski definition) is 9. The number of carbonyl (C=O) groups excluding carboxylic acids is 2. The van der Waals surface area contributed by atoms with Crippen molar-refractivity contribution in [3.8, 4) is 0 Å². The number of benzene rings is 1. The monoisotopic (exact) mass is 395 g/mol. The third-order valence-corrected chi connectivity index (χ3v) is 4.01. The van der Waals surface area contributed by atoms with E-state index < -0.39 is 0 Å². The van der Waals surface area contributed by atoms with Crippen LogP contribution in [0.4, 0.5) is 17.5 Å². The number of nitrogens with zero attached hydrogens (tertiary/aromatic N) is 4. The fourth-order valence-electron chi connectivity index (χ4n) is 2.57. The molecule has 2 aromatic heterocycles. The second kappa shape index (κ2) is 8.78. The Morgan fingerprint density at radius 1 is 1.03 bits per heavy atom. The van der Waals surface area contributed by atoms with Crippen molar-refractivity contribution in [1.29, 1.82) is 0 Å². The molecule has 0 radical (unpaired) electrons. The Hall–Kier alpha value is -4.02. The average Bonchev–Trinajstić information content (AvgIpc) is 2.70. The molecule has 8 N–H and O–H groups in total. The van der Waals surface area contributed by atoms with Crippen molar-refractivity contribution in [3.05, 3.63) is 41.7 Å². The van der Waals surface area contributed by atoms with Crippen LogP contribution < -0.4 is 27.8 Å². The van der Waals surface area contributed by atoms with E-state index in [9.17, 15) is 9.59 Å². The molecule has 0 fully saturated rings. The number of nitrogen functional groups attached to an aromatic ring is 2. The van der Waals surface area contributed by atoms with Gasteiger partial charge in [-0.25, -0.2) is 9.97 Å². The Morgan fingerprint density at radius 2 is 1.79 bits per heavy atom. The standard InChI is InChI=1S/C18H21N9O2/c19-13(28)2-1-7-22-17(29)10-3-5-11(6-4-10)23-8-12-9-24-16-14(25-12)15(20)26-18(21)27-16/h3-6,9,23H,1-2,7-8H2,(H2,19,28)(H,22,29)(H4,20,21,24,26,27). The minimum atomic E-state index is -0.384. The molecule has 2 amide bonds. The molecule has 11 heteroatoms. The number of amides is 2. The molecule has 0 bridgehead atoms. The zero-order chi connectivity index (χ0) is 20.8. The number of nitrogens with one attached hydrogen (secondary N) is 2. The predicted octanol–water partition coefficient (Wildman–Crippen LogP) is 0.192. The second-order valence-electron chi connectivity index (χ2n) is 6.26. The number of carbonyl (C=O) groups is 2. The van der Waals surface area contributed by atoms with Crippen LogP contribution in [0.2, 0.25) is 0 Å². The number of primary amides is 1. The summed E-state index contributed by atoms with van der Waals surface area (Å²) < 4.78 is 0. The fraction of sp³-hybridized carbons (Fsp3) is 0.222. The molecule has 150 valence electrons. The van der Waals surface area contributed by atoms with Crippen molar-refractivity contribution >= 4 is 40.4 Å². The maximum atomic E-state index is 12.1. The summed E-state index contributed by atoms with van der Waals surface area (Å²) >= 11 is 0. The summed E-state index contributed by atoms with van der Waals surface area (Å²) in [6, 6.07) is 6.97. The topological polar surface area (TPSA) is 188 Å². The van der Waals surface area contributed by atoms with Crippen LogP contribution in [-0.2, 0) is 11.3 Å². The first-order valence-electron chi connectivity index (χ1n) is 8.87. The van der Waals surface area contributed by atoms with Gasteiger partial charge >= 0.3 is 0 Å². The van der Waals surface area contributed by atoms with E-state index in [1.807, 2.05) is 0 Å². The van der Waals surface area contributed by atoms with Crippen molar-refractivity contribution in [3.63, 3.8) is 0 Å². The van der Waals surface area contributed by atoms with Gasteiger partial charge in [-0.2, -0.15) is 9.97 Å². The maximum Gasteiger partial charge on any atom is 0.251 e. The molecular formula is C18H21N9O2. The highest BCUT2D eigenvalue weighted by atomic mass is 16.2. The van der Waals surface area contributed by atoms with E-state index in [2.05, 4.69) is 30.6 Å². The first kappa shape index (κ1) is 19.7. The molecule has 0 aliphatic carbocycles. The highest BCUT2D eigenvalue weighted by molar-refractivity contribution is 5.94. The van der Waals surface area contributed by atoms with E-state index in [0.29, 0.717) is 41.9 Å². The van der Waals surface area contributed by atoms with E-state index in [4.69, 9.17) is 17.2 Å². The van der Waals surface area contributed by atoms with Crippen LogP contribution in [0.5, 0.6) is 0 Å².